The molecule has 1 aromatic rings. The van der Waals surface area contributed by atoms with E-state index in [0.717, 1.165) is 5.56 Å². The summed E-state index contributed by atoms with van der Waals surface area (Å²) in [7, 11) is 2.90. The molecule has 0 heterocycles. The van der Waals surface area contributed by atoms with Gasteiger partial charge >= 0.3 is 5.97 Å². The SMILES string of the molecule is COC(=O)Cc1cc(N)ccc1OC. The van der Waals surface area contributed by atoms with Crippen LogP contribution in [0.3, 0.4) is 0 Å². The average Bonchev–Trinajstić information content (AvgIpc) is 2.18. The van der Waals surface area contributed by atoms with Crippen molar-refractivity contribution in [1.29, 1.82) is 0 Å². The Hall–Kier alpha value is -1.71. The number of carbonyl (C=O) groups excluding carboxylic acids is 1. The van der Waals surface area contributed by atoms with Crippen LogP contribution in [-0.4, -0.2) is 20.2 Å². The summed E-state index contributed by atoms with van der Waals surface area (Å²) in [4.78, 5) is 11.0. The Morgan fingerprint density at radius 3 is 2.71 bits per heavy atom. The van der Waals surface area contributed by atoms with Gasteiger partial charge < -0.3 is 15.2 Å². The van der Waals surface area contributed by atoms with E-state index in [1.165, 1.54) is 7.11 Å². The van der Waals surface area contributed by atoms with Gasteiger partial charge in [-0.05, 0) is 18.2 Å². The largest absolute Gasteiger partial charge is 0.496 e. The lowest BCUT2D eigenvalue weighted by Gasteiger charge is -2.07. The first-order valence-electron chi connectivity index (χ1n) is 4.16. The average molecular weight is 195 g/mol. The van der Waals surface area contributed by atoms with Gasteiger partial charge in [-0.3, -0.25) is 4.79 Å². The second-order valence-electron chi connectivity index (χ2n) is 2.82. The van der Waals surface area contributed by atoms with Crippen molar-refractivity contribution in [3.8, 4) is 5.75 Å². The van der Waals surface area contributed by atoms with Gasteiger partial charge in [0.1, 0.15) is 5.75 Å². The summed E-state index contributed by atoms with van der Waals surface area (Å²) in [6, 6.07) is 5.16. The van der Waals surface area contributed by atoms with Gasteiger partial charge in [0.25, 0.3) is 0 Å². The molecule has 1 aromatic carbocycles. The summed E-state index contributed by atoms with van der Waals surface area (Å²) in [6.07, 6.45) is 0.171. The second-order valence-corrected chi connectivity index (χ2v) is 2.82. The van der Waals surface area contributed by atoms with Crippen molar-refractivity contribution in [3.63, 3.8) is 0 Å². The topological polar surface area (TPSA) is 61.5 Å². The molecular weight excluding hydrogens is 182 g/mol. The minimum Gasteiger partial charge on any atom is -0.496 e. The zero-order valence-electron chi connectivity index (χ0n) is 8.24. The summed E-state index contributed by atoms with van der Waals surface area (Å²) < 4.78 is 9.64. The third-order valence-electron chi connectivity index (χ3n) is 1.87. The molecule has 0 radical (unpaired) electrons. The highest BCUT2D eigenvalue weighted by Crippen LogP contribution is 2.21. The number of hydrogen-bond donors (Lipinski definition) is 1. The number of rotatable bonds is 3. The number of nitrogens with two attached hydrogens (primary N) is 1. The predicted molar refractivity (Wildman–Crippen MR) is 53.1 cm³/mol. The maximum Gasteiger partial charge on any atom is 0.310 e. The van der Waals surface area contributed by atoms with Crippen LogP contribution in [0, 0.1) is 0 Å². The fourth-order valence-electron chi connectivity index (χ4n) is 1.16. The van der Waals surface area contributed by atoms with E-state index in [1.54, 1.807) is 25.3 Å². The quantitative estimate of drug-likeness (QED) is 0.577. The first-order chi connectivity index (χ1) is 6.67. The van der Waals surface area contributed by atoms with Crippen LogP contribution in [-0.2, 0) is 16.0 Å². The van der Waals surface area contributed by atoms with E-state index >= 15 is 0 Å². The predicted octanol–water partition coefficient (Wildman–Crippen LogP) is 0.993. The number of methoxy groups -OCH3 is 2. The molecule has 0 aliphatic carbocycles. The van der Waals surface area contributed by atoms with E-state index in [4.69, 9.17) is 10.5 Å². The Morgan fingerprint density at radius 2 is 2.14 bits per heavy atom. The van der Waals surface area contributed by atoms with Crippen molar-refractivity contribution >= 4 is 11.7 Å². The van der Waals surface area contributed by atoms with Crippen LogP contribution in [0.1, 0.15) is 5.56 Å². The van der Waals surface area contributed by atoms with Gasteiger partial charge in [-0.15, -0.1) is 0 Å². The lowest BCUT2D eigenvalue weighted by Crippen LogP contribution is -2.06. The number of carbonyl (C=O) groups is 1. The van der Waals surface area contributed by atoms with Gasteiger partial charge in [0.2, 0.25) is 0 Å². The van der Waals surface area contributed by atoms with Gasteiger partial charge in [0, 0.05) is 11.3 Å². The Morgan fingerprint density at radius 1 is 1.43 bits per heavy atom. The van der Waals surface area contributed by atoms with E-state index in [2.05, 4.69) is 4.74 Å². The number of anilines is 1. The molecule has 4 heteroatoms. The Bertz CT molecular complexity index is 336. The highest BCUT2D eigenvalue weighted by molar-refractivity contribution is 5.74. The zero-order valence-corrected chi connectivity index (χ0v) is 8.24. The molecule has 4 nitrogen and oxygen atoms in total. The minimum absolute atomic E-state index is 0.171. The molecule has 14 heavy (non-hydrogen) atoms. The van der Waals surface area contributed by atoms with Crippen LogP contribution >= 0.6 is 0 Å². The van der Waals surface area contributed by atoms with Crippen molar-refractivity contribution < 1.29 is 14.3 Å². The lowest BCUT2D eigenvalue weighted by atomic mass is 10.1. The number of hydrogen-bond acceptors (Lipinski definition) is 4. The second kappa shape index (κ2) is 4.50. The summed E-state index contributed by atoms with van der Waals surface area (Å²) in [6.45, 7) is 0. The van der Waals surface area contributed by atoms with Crippen LogP contribution < -0.4 is 10.5 Å². The van der Waals surface area contributed by atoms with E-state index < -0.39 is 0 Å². The molecule has 0 unspecified atom stereocenters. The Labute approximate surface area is 82.6 Å². The summed E-state index contributed by atoms with van der Waals surface area (Å²) >= 11 is 0. The molecule has 0 amide bonds. The molecule has 0 aliphatic rings. The lowest BCUT2D eigenvalue weighted by molar-refractivity contribution is -0.139. The molecule has 1 rings (SSSR count). The van der Waals surface area contributed by atoms with Crippen LogP contribution in [0.15, 0.2) is 18.2 Å². The van der Waals surface area contributed by atoms with Crippen molar-refractivity contribution in [2.75, 3.05) is 20.0 Å². The van der Waals surface area contributed by atoms with Gasteiger partial charge in [-0.1, -0.05) is 0 Å². The van der Waals surface area contributed by atoms with Crippen LogP contribution in [0.2, 0.25) is 0 Å². The van der Waals surface area contributed by atoms with Crippen LogP contribution in [0.5, 0.6) is 5.75 Å². The standard InChI is InChI=1S/C10H13NO3/c1-13-9-4-3-8(11)5-7(9)6-10(12)14-2/h3-5H,6,11H2,1-2H3. The minimum atomic E-state index is -0.311. The van der Waals surface area contributed by atoms with Crippen molar-refractivity contribution in [3.05, 3.63) is 23.8 Å². The number of ether oxygens (including phenoxy) is 2. The van der Waals surface area contributed by atoms with Crippen LogP contribution in [0.25, 0.3) is 0 Å². The first-order valence-corrected chi connectivity index (χ1v) is 4.16. The molecular formula is C10H13NO3. The third kappa shape index (κ3) is 2.39. The molecule has 2 N–H and O–H groups in total. The van der Waals surface area contributed by atoms with Crippen molar-refractivity contribution in [2.45, 2.75) is 6.42 Å². The first kappa shape index (κ1) is 10.4. The molecule has 0 aromatic heterocycles. The van der Waals surface area contributed by atoms with Crippen molar-refractivity contribution in [2.24, 2.45) is 0 Å². The molecule has 0 atom stereocenters. The smallest absolute Gasteiger partial charge is 0.310 e. The monoisotopic (exact) mass is 195 g/mol. The van der Waals surface area contributed by atoms with E-state index in [-0.39, 0.29) is 12.4 Å². The zero-order chi connectivity index (χ0) is 10.6. The molecule has 0 saturated carbocycles. The summed E-state index contributed by atoms with van der Waals surface area (Å²) in [5, 5.41) is 0. The third-order valence-corrected chi connectivity index (χ3v) is 1.87. The van der Waals surface area contributed by atoms with Gasteiger partial charge in [0.15, 0.2) is 0 Å². The fraction of sp³-hybridized carbons (Fsp3) is 0.300. The van der Waals surface area contributed by atoms with E-state index in [1.807, 2.05) is 0 Å². The number of benzene rings is 1. The van der Waals surface area contributed by atoms with E-state index in [0.29, 0.717) is 11.4 Å². The maximum absolute atomic E-state index is 11.0. The van der Waals surface area contributed by atoms with Gasteiger partial charge in [-0.25, -0.2) is 0 Å². The van der Waals surface area contributed by atoms with E-state index in [9.17, 15) is 4.79 Å². The number of nitrogen functional groups attached to an aromatic ring is 1. The molecule has 0 saturated heterocycles. The van der Waals surface area contributed by atoms with Crippen LogP contribution in [0.4, 0.5) is 5.69 Å². The van der Waals surface area contributed by atoms with Gasteiger partial charge in [0.05, 0.1) is 20.6 Å². The Balaban J connectivity index is 2.93. The Kier molecular flexibility index (Phi) is 3.34. The summed E-state index contributed by atoms with van der Waals surface area (Å²) in [5.74, 6) is 0.332. The molecule has 0 bridgehead atoms. The van der Waals surface area contributed by atoms with Crippen molar-refractivity contribution in [1.82, 2.24) is 0 Å². The fourth-order valence-corrected chi connectivity index (χ4v) is 1.16. The van der Waals surface area contributed by atoms with Gasteiger partial charge in [-0.2, -0.15) is 0 Å². The molecule has 0 fully saturated rings. The maximum atomic E-state index is 11.0. The molecule has 0 aliphatic heterocycles. The normalized spacial score (nSPS) is 9.57. The molecule has 76 valence electrons. The summed E-state index contributed by atoms with van der Waals surface area (Å²) in [5.41, 5.74) is 6.93. The molecule has 0 spiro atoms. The highest BCUT2D eigenvalue weighted by Gasteiger charge is 2.08. The highest BCUT2D eigenvalue weighted by atomic mass is 16.5. The number of esters is 1.